The molecule has 0 aromatic heterocycles. The summed E-state index contributed by atoms with van der Waals surface area (Å²) < 4.78 is 21.7. The largest absolute Gasteiger partial charge is 0.335 e. The second-order valence-electron chi connectivity index (χ2n) is 11.7. The minimum Gasteiger partial charge on any atom is -0.309 e. The van der Waals surface area contributed by atoms with E-state index >= 15 is 0 Å². The lowest BCUT2D eigenvalue weighted by molar-refractivity contribution is 0.00370. The Morgan fingerprint density at radius 1 is 0.429 bits per heavy atom. The maximum atomic E-state index is 7.34. The van der Waals surface area contributed by atoms with Crippen molar-refractivity contribution in [2.45, 2.75) is 87.9 Å². The lowest BCUT2D eigenvalue weighted by atomic mass is 9.66. The van der Waals surface area contributed by atoms with Crippen LogP contribution >= 0.6 is 8.60 Å². The SMILES string of the molecule is c1ccc(C2(c3ccccc3)OP(OC3CCCCCCCCCCC3)OC2(c2ccccc2)c2ccccc2)cc1. The molecule has 2 fully saturated rings. The highest BCUT2D eigenvalue weighted by atomic mass is 31.2. The zero-order chi connectivity index (χ0) is 28.5. The van der Waals surface area contributed by atoms with Gasteiger partial charge in [0.2, 0.25) is 0 Å². The molecule has 1 aliphatic heterocycles. The van der Waals surface area contributed by atoms with Crippen molar-refractivity contribution >= 4 is 8.60 Å². The Bertz CT molecular complexity index is 1160. The van der Waals surface area contributed by atoms with Crippen molar-refractivity contribution in [1.82, 2.24) is 0 Å². The second-order valence-corrected chi connectivity index (χ2v) is 12.7. The van der Waals surface area contributed by atoms with Crippen molar-refractivity contribution in [3.63, 3.8) is 0 Å². The standard InChI is InChI=1S/C38H43O3P/c1-2-4-6-20-30-36(31-21-7-5-3-1)39-42-40-37(32-22-12-8-13-23-32,33-24-14-9-15-25-33)38(41-42,34-26-16-10-17-27-34)35-28-18-11-19-29-35/h8-19,22-29,36H,1-7,20-21,30-31H2. The van der Waals surface area contributed by atoms with Crippen molar-refractivity contribution in [3.8, 4) is 0 Å². The van der Waals surface area contributed by atoms with Crippen LogP contribution in [-0.2, 0) is 24.8 Å². The Morgan fingerprint density at radius 3 is 1.02 bits per heavy atom. The van der Waals surface area contributed by atoms with Crippen LogP contribution in [0.15, 0.2) is 121 Å². The van der Waals surface area contributed by atoms with Gasteiger partial charge in [0.1, 0.15) is 0 Å². The summed E-state index contributed by atoms with van der Waals surface area (Å²) in [4.78, 5) is 0. The van der Waals surface area contributed by atoms with Gasteiger partial charge in [-0.2, -0.15) is 0 Å². The molecule has 42 heavy (non-hydrogen) atoms. The molecule has 1 heterocycles. The molecule has 4 heteroatoms. The van der Waals surface area contributed by atoms with Gasteiger partial charge in [0.25, 0.3) is 0 Å². The zero-order valence-electron chi connectivity index (χ0n) is 24.6. The summed E-state index contributed by atoms with van der Waals surface area (Å²) in [5.74, 6) is 0. The van der Waals surface area contributed by atoms with Crippen LogP contribution in [0.25, 0.3) is 0 Å². The van der Waals surface area contributed by atoms with Crippen molar-refractivity contribution in [2.24, 2.45) is 0 Å². The van der Waals surface area contributed by atoms with E-state index in [0.29, 0.717) is 0 Å². The second kappa shape index (κ2) is 14.1. The average Bonchev–Trinajstić information content (AvgIpc) is 3.41. The summed E-state index contributed by atoms with van der Waals surface area (Å²) >= 11 is 0. The third-order valence-electron chi connectivity index (χ3n) is 8.93. The fourth-order valence-electron chi connectivity index (χ4n) is 6.82. The fraction of sp³-hybridized carbons (Fsp3) is 0.368. The summed E-state index contributed by atoms with van der Waals surface area (Å²) in [6.45, 7) is 0. The summed E-state index contributed by atoms with van der Waals surface area (Å²) in [6, 6.07) is 42.4. The van der Waals surface area contributed by atoms with E-state index in [1.807, 2.05) is 0 Å². The first kappa shape index (κ1) is 29.3. The Hall–Kier alpha value is -2.81. The van der Waals surface area contributed by atoms with Crippen LogP contribution < -0.4 is 0 Å². The topological polar surface area (TPSA) is 27.7 Å². The van der Waals surface area contributed by atoms with E-state index in [2.05, 4.69) is 121 Å². The van der Waals surface area contributed by atoms with Crippen molar-refractivity contribution in [2.75, 3.05) is 0 Å². The Labute approximate surface area is 253 Å². The lowest BCUT2D eigenvalue weighted by Crippen LogP contribution is -2.48. The molecule has 1 aliphatic carbocycles. The van der Waals surface area contributed by atoms with Gasteiger partial charge >= 0.3 is 8.60 Å². The van der Waals surface area contributed by atoms with E-state index in [0.717, 1.165) is 35.1 Å². The van der Waals surface area contributed by atoms with E-state index in [1.54, 1.807) is 0 Å². The third-order valence-corrected chi connectivity index (χ3v) is 10.2. The van der Waals surface area contributed by atoms with E-state index in [4.69, 9.17) is 13.6 Å². The monoisotopic (exact) mass is 578 g/mol. The number of benzene rings is 4. The molecule has 218 valence electrons. The quantitative estimate of drug-likeness (QED) is 0.213. The van der Waals surface area contributed by atoms with Gasteiger partial charge in [-0.3, -0.25) is 9.05 Å². The highest BCUT2D eigenvalue weighted by molar-refractivity contribution is 7.42. The van der Waals surface area contributed by atoms with Gasteiger partial charge in [0, 0.05) is 0 Å². The Morgan fingerprint density at radius 2 is 0.714 bits per heavy atom. The maximum Gasteiger partial charge on any atom is 0.335 e. The predicted octanol–water partition coefficient (Wildman–Crippen LogP) is 10.8. The molecule has 0 atom stereocenters. The molecule has 0 spiro atoms. The minimum atomic E-state index is -1.69. The molecular formula is C38H43O3P. The van der Waals surface area contributed by atoms with E-state index in [-0.39, 0.29) is 6.10 Å². The highest BCUT2D eigenvalue weighted by Crippen LogP contribution is 2.70. The molecule has 4 aromatic rings. The fourth-order valence-corrected chi connectivity index (χ4v) is 8.52. The Kier molecular flexibility index (Phi) is 9.83. The Balaban J connectivity index is 1.48. The van der Waals surface area contributed by atoms with Crippen LogP contribution in [0.2, 0.25) is 0 Å². The molecule has 0 N–H and O–H groups in total. The molecule has 1 saturated carbocycles. The lowest BCUT2D eigenvalue weighted by Gasteiger charge is -2.43. The zero-order valence-corrected chi connectivity index (χ0v) is 25.5. The molecule has 0 unspecified atom stereocenters. The molecule has 2 aliphatic rings. The number of hydrogen-bond acceptors (Lipinski definition) is 3. The van der Waals surface area contributed by atoms with Gasteiger partial charge in [-0.05, 0) is 35.1 Å². The first-order valence-electron chi connectivity index (χ1n) is 15.9. The summed E-state index contributed by atoms with van der Waals surface area (Å²) in [5, 5.41) is 0. The first-order chi connectivity index (χ1) is 20.8. The minimum absolute atomic E-state index is 0.127. The van der Waals surface area contributed by atoms with Crippen molar-refractivity contribution in [1.29, 1.82) is 0 Å². The molecule has 4 aromatic carbocycles. The van der Waals surface area contributed by atoms with Gasteiger partial charge in [-0.25, -0.2) is 0 Å². The molecule has 0 radical (unpaired) electrons. The van der Waals surface area contributed by atoms with E-state index in [9.17, 15) is 0 Å². The van der Waals surface area contributed by atoms with Crippen LogP contribution in [-0.4, -0.2) is 6.10 Å². The normalized spacial score (nSPS) is 20.4. The predicted molar refractivity (Wildman–Crippen MR) is 172 cm³/mol. The summed E-state index contributed by atoms with van der Waals surface area (Å²) in [6.07, 6.45) is 13.9. The van der Waals surface area contributed by atoms with E-state index in [1.165, 1.54) is 57.8 Å². The molecule has 0 bridgehead atoms. The van der Waals surface area contributed by atoms with Crippen molar-refractivity contribution in [3.05, 3.63) is 144 Å². The maximum absolute atomic E-state index is 7.34. The van der Waals surface area contributed by atoms with Crippen LogP contribution in [0.1, 0.15) is 92.9 Å². The van der Waals surface area contributed by atoms with Crippen LogP contribution in [0.3, 0.4) is 0 Å². The summed E-state index contributed by atoms with van der Waals surface area (Å²) in [7, 11) is -1.69. The summed E-state index contributed by atoms with van der Waals surface area (Å²) in [5.41, 5.74) is 2.28. The first-order valence-corrected chi connectivity index (χ1v) is 17.0. The molecule has 1 saturated heterocycles. The molecular weight excluding hydrogens is 535 g/mol. The van der Waals surface area contributed by atoms with Gasteiger partial charge in [0.15, 0.2) is 11.2 Å². The van der Waals surface area contributed by atoms with Crippen LogP contribution in [0.5, 0.6) is 0 Å². The third kappa shape index (κ3) is 5.99. The van der Waals surface area contributed by atoms with E-state index < -0.39 is 19.8 Å². The number of rotatable bonds is 6. The number of hydrogen-bond donors (Lipinski definition) is 0. The van der Waals surface area contributed by atoms with Crippen molar-refractivity contribution < 1.29 is 13.6 Å². The van der Waals surface area contributed by atoms with Gasteiger partial charge < -0.3 is 4.52 Å². The highest BCUT2D eigenvalue weighted by Gasteiger charge is 2.66. The van der Waals surface area contributed by atoms with Crippen LogP contribution in [0, 0.1) is 0 Å². The average molecular weight is 579 g/mol. The smallest absolute Gasteiger partial charge is 0.309 e. The van der Waals surface area contributed by atoms with Gasteiger partial charge in [-0.15, -0.1) is 0 Å². The van der Waals surface area contributed by atoms with Crippen LogP contribution in [0.4, 0.5) is 0 Å². The molecule has 6 rings (SSSR count). The van der Waals surface area contributed by atoms with Gasteiger partial charge in [0.05, 0.1) is 6.10 Å². The molecule has 3 nitrogen and oxygen atoms in total. The van der Waals surface area contributed by atoms with Gasteiger partial charge in [-0.1, -0.05) is 179 Å². The molecule has 0 amide bonds.